The average molecular weight is 1170 g/mol. The number of aliphatic carboxylic acids is 1. The quantitative estimate of drug-likeness (QED) is 0.0390. The van der Waals surface area contributed by atoms with Gasteiger partial charge in [-0.1, -0.05) is 181 Å². The minimum atomic E-state index is -3.07. The van der Waals surface area contributed by atoms with Crippen LogP contribution < -0.4 is 10.6 Å². The first-order valence-corrected chi connectivity index (χ1v) is 30.9. The predicted octanol–water partition coefficient (Wildman–Crippen LogP) is 3.00. The van der Waals surface area contributed by atoms with Gasteiger partial charge in [-0.3, -0.25) is 9.59 Å². The fourth-order valence-electron chi connectivity index (χ4n) is 11.1. The summed E-state index contributed by atoms with van der Waals surface area (Å²) >= 11 is 0. The molecule has 0 aromatic rings. The predicted molar refractivity (Wildman–Crippen MR) is 297 cm³/mol. The average Bonchev–Trinajstić information content (AvgIpc) is 3.51. The second-order valence-corrected chi connectivity index (χ2v) is 22.9. The maximum Gasteiger partial charge on any atom is 0.364 e. The molecule has 0 radical (unpaired) electrons. The lowest BCUT2D eigenvalue weighted by atomic mass is 9.88. The molecule has 2 amide bonds. The molecule has 14 N–H and O–H groups in total. The van der Waals surface area contributed by atoms with Gasteiger partial charge >= 0.3 is 5.97 Å². The number of aliphatic hydroxyl groups is 11. The number of carbonyl (C=O) groups is 3. The van der Waals surface area contributed by atoms with Gasteiger partial charge in [-0.2, -0.15) is 0 Å². The summed E-state index contributed by atoms with van der Waals surface area (Å²) in [4.78, 5) is 38.4. The number of carbonyl (C=O) groups excluding carboxylic acids is 2. The van der Waals surface area contributed by atoms with Crippen molar-refractivity contribution in [2.45, 2.75) is 323 Å². The van der Waals surface area contributed by atoms with Crippen molar-refractivity contribution in [3.63, 3.8) is 0 Å². The maximum atomic E-state index is 13.4. The summed E-state index contributed by atoms with van der Waals surface area (Å²) in [5.41, 5.74) is 0. The molecule has 3 fully saturated rings. The zero-order valence-corrected chi connectivity index (χ0v) is 48.9. The van der Waals surface area contributed by atoms with E-state index in [4.69, 9.17) is 28.4 Å². The molecule has 0 saturated carbocycles. The van der Waals surface area contributed by atoms with E-state index in [1.165, 1.54) is 109 Å². The molecule has 3 heterocycles. The van der Waals surface area contributed by atoms with Crippen molar-refractivity contribution in [1.29, 1.82) is 0 Å². The summed E-state index contributed by atoms with van der Waals surface area (Å²) in [7, 11) is 0. The molecular weight excluding hydrogens is 1060 g/mol. The molecule has 476 valence electrons. The Kier molecular flexibility index (Phi) is 36.9. The Morgan fingerprint density at radius 1 is 0.593 bits per heavy atom. The van der Waals surface area contributed by atoms with Gasteiger partial charge in [0.1, 0.15) is 67.1 Å². The highest BCUT2D eigenvalue weighted by Crippen LogP contribution is 2.38. The summed E-state index contributed by atoms with van der Waals surface area (Å²) in [6, 6.07) is -2.52. The van der Waals surface area contributed by atoms with Crippen LogP contribution in [0.4, 0.5) is 0 Å². The van der Waals surface area contributed by atoms with Crippen LogP contribution in [0.2, 0.25) is 0 Å². The second-order valence-electron chi connectivity index (χ2n) is 22.9. The number of carboxylic acids is 1. The Hall–Kier alpha value is -2.27. The van der Waals surface area contributed by atoms with Gasteiger partial charge in [-0.05, 0) is 12.8 Å². The number of rotatable bonds is 45. The highest BCUT2D eigenvalue weighted by molar-refractivity contribution is 5.77. The van der Waals surface area contributed by atoms with Gasteiger partial charge in [0, 0.05) is 19.8 Å². The van der Waals surface area contributed by atoms with Gasteiger partial charge in [-0.25, -0.2) is 4.79 Å². The lowest BCUT2D eigenvalue weighted by Crippen LogP contribution is -2.70. The van der Waals surface area contributed by atoms with Crippen LogP contribution in [0.5, 0.6) is 0 Å². The van der Waals surface area contributed by atoms with E-state index in [1.54, 1.807) is 0 Å². The third kappa shape index (κ3) is 25.3. The Balaban J connectivity index is 1.65. The smallest absolute Gasteiger partial charge is 0.364 e. The van der Waals surface area contributed by atoms with Gasteiger partial charge in [0.2, 0.25) is 11.8 Å². The second kappa shape index (κ2) is 40.9. The first-order valence-electron chi connectivity index (χ1n) is 30.9. The lowest BCUT2D eigenvalue weighted by Gasteiger charge is -2.50. The summed E-state index contributed by atoms with van der Waals surface area (Å²) in [5.74, 6) is -6.10. The first-order chi connectivity index (χ1) is 38.9. The van der Waals surface area contributed by atoms with Crippen LogP contribution in [-0.4, -0.2) is 215 Å². The van der Waals surface area contributed by atoms with Gasteiger partial charge in [0.05, 0.1) is 50.7 Å². The number of aliphatic hydroxyl groups excluding tert-OH is 11. The highest BCUT2D eigenvalue weighted by atomic mass is 16.8. The number of hydrogen-bond donors (Lipinski definition) is 14. The molecule has 23 heteroatoms. The number of amides is 2. The minimum absolute atomic E-state index is 0.228. The van der Waals surface area contributed by atoms with Crippen LogP contribution in [0, 0.1) is 0 Å². The number of carboxylic acid groups (broad SMARTS) is 1. The van der Waals surface area contributed by atoms with Gasteiger partial charge in [0.25, 0.3) is 5.79 Å². The molecule has 18 atom stereocenters. The largest absolute Gasteiger partial charge is 0.477 e. The molecule has 18 unspecified atom stereocenters. The van der Waals surface area contributed by atoms with Crippen molar-refractivity contribution >= 4 is 17.8 Å². The molecule has 3 saturated heterocycles. The molecule has 3 aliphatic rings. The molecule has 0 spiro atoms. The lowest BCUT2D eigenvalue weighted by molar-refractivity contribution is -0.386. The molecule has 81 heavy (non-hydrogen) atoms. The summed E-state index contributed by atoms with van der Waals surface area (Å²) in [5, 5.41) is 136. The Labute approximate surface area is 480 Å². The number of unbranched alkanes of at least 4 members (excludes halogenated alkanes) is 25. The Bertz CT molecular complexity index is 1670. The number of hydrogen-bond acceptors (Lipinski definition) is 20. The summed E-state index contributed by atoms with van der Waals surface area (Å²) < 4.78 is 34.7. The third-order valence-electron chi connectivity index (χ3n) is 16.1. The molecule has 3 rings (SSSR count). The fourth-order valence-corrected chi connectivity index (χ4v) is 11.1. The van der Waals surface area contributed by atoms with E-state index >= 15 is 0 Å². The van der Waals surface area contributed by atoms with E-state index in [2.05, 4.69) is 24.5 Å². The van der Waals surface area contributed by atoms with Crippen LogP contribution >= 0.6 is 0 Å². The van der Waals surface area contributed by atoms with Crippen LogP contribution in [0.1, 0.15) is 213 Å². The van der Waals surface area contributed by atoms with Gasteiger partial charge in [-0.15, -0.1) is 0 Å². The van der Waals surface area contributed by atoms with E-state index < -0.39 is 148 Å². The van der Waals surface area contributed by atoms with Crippen molar-refractivity contribution in [2.24, 2.45) is 0 Å². The third-order valence-corrected chi connectivity index (χ3v) is 16.1. The van der Waals surface area contributed by atoms with E-state index in [0.29, 0.717) is 19.3 Å². The normalized spacial score (nSPS) is 30.4. The van der Waals surface area contributed by atoms with Crippen molar-refractivity contribution < 1.29 is 104 Å². The van der Waals surface area contributed by atoms with Crippen LogP contribution in [0.15, 0.2) is 0 Å². The maximum absolute atomic E-state index is 13.4. The SMILES string of the molecule is CCCCCCCCCCCCCCCCCCC(=O)NC(COC1OC(CO)C(OC2OC(CO)C(O)C(OC3(C(=O)O)CC(O)C(NC(C)=O)C(C(O)C(O)CO)O3)C2O)C(O)C1O)C(O)CCCCCCCCCCCCC. The summed E-state index contributed by atoms with van der Waals surface area (Å²) in [6.45, 7) is 2.16. The van der Waals surface area contributed by atoms with Crippen molar-refractivity contribution in [3.05, 3.63) is 0 Å². The monoisotopic (exact) mass is 1170 g/mol. The molecule has 0 aromatic heterocycles. The highest BCUT2D eigenvalue weighted by Gasteiger charge is 2.60. The molecule has 0 aliphatic carbocycles. The molecular formula is C58H108N2O21. The van der Waals surface area contributed by atoms with Crippen molar-refractivity contribution in [1.82, 2.24) is 10.6 Å². The standard InChI is InChI=1S/C58H108N2O21/c1-4-6-8-10-12-14-16-17-18-19-20-22-24-26-28-30-32-45(68)60-39(40(65)31-29-27-25-23-21-15-13-11-9-7-5-2)37-76-55-50(72)49(71)52(44(36-63)78-55)79-56-51(73)54(48(70)43(35-62)77-56)81-58(57(74)75)33-41(66)46(59-38(3)64)53(80-58)47(69)42(67)34-61/h39-44,46-56,61-63,65-67,69-73H,4-37H2,1-3H3,(H,59,64)(H,60,68)(H,74,75). The number of nitrogens with one attached hydrogen (secondary N) is 2. The topological polar surface area (TPSA) is 373 Å². The molecule has 0 aromatic carbocycles. The minimum Gasteiger partial charge on any atom is -0.477 e. The Morgan fingerprint density at radius 2 is 1.07 bits per heavy atom. The molecule has 3 aliphatic heterocycles. The summed E-state index contributed by atoms with van der Waals surface area (Å²) in [6.07, 6.45) is 2.77. The zero-order chi connectivity index (χ0) is 59.7. The van der Waals surface area contributed by atoms with E-state index in [1.807, 2.05) is 0 Å². The fraction of sp³-hybridized carbons (Fsp3) is 0.948. The van der Waals surface area contributed by atoms with Crippen LogP contribution in [-0.2, 0) is 42.8 Å². The Morgan fingerprint density at radius 3 is 1.54 bits per heavy atom. The van der Waals surface area contributed by atoms with Crippen LogP contribution in [0.3, 0.4) is 0 Å². The van der Waals surface area contributed by atoms with Crippen molar-refractivity contribution in [2.75, 3.05) is 26.4 Å². The zero-order valence-electron chi connectivity index (χ0n) is 48.9. The van der Waals surface area contributed by atoms with Gasteiger partial charge < -0.3 is 100 Å². The number of ether oxygens (including phenoxy) is 6. The van der Waals surface area contributed by atoms with Crippen LogP contribution in [0.25, 0.3) is 0 Å². The molecule has 23 nitrogen and oxygen atoms in total. The van der Waals surface area contributed by atoms with Gasteiger partial charge in [0.15, 0.2) is 12.6 Å². The van der Waals surface area contributed by atoms with E-state index in [0.717, 1.165) is 58.3 Å². The van der Waals surface area contributed by atoms with Crippen molar-refractivity contribution in [3.8, 4) is 0 Å². The molecule has 0 bridgehead atoms. The first kappa shape index (κ1) is 73.0. The van der Waals surface area contributed by atoms with E-state index in [-0.39, 0.29) is 18.9 Å². The van der Waals surface area contributed by atoms with E-state index in [9.17, 15) is 75.7 Å².